The Morgan fingerprint density at radius 1 is 1.20 bits per heavy atom. The van der Waals surface area contributed by atoms with E-state index < -0.39 is 0 Å². The molecule has 0 spiro atoms. The van der Waals surface area contributed by atoms with Crippen molar-refractivity contribution < 1.29 is 4.74 Å². The van der Waals surface area contributed by atoms with Crippen LogP contribution in [-0.2, 0) is 0 Å². The molecule has 2 heteroatoms. The molecule has 0 unspecified atom stereocenters. The molecule has 2 rings (SSSR count). The molecule has 1 aromatic heterocycles. The van der Waals surface area contributed by atoms with E-state index in [9.17, 15) is 0 Å². The first-order valence-corrected chi connectivity index (χ1v) is 5.21. The van der Waals surface area contributed by atoms with Crippen LogP contribution in [0.2, 0.25) is 0 Å². The Morgan fingerprint density at radius 2 is 2.00 bits per heavy atom. The van der Waals surface area contributed by atoms with E-state index in [1.54, 1.807) is 0 Å². The summed E-state index contributed by atoms with van der Waals surface area (Å²) < 4.78 is 5.66. The molecule has 0 fully saturated rings. The minimum Gasteiger partial charge on any atom is -0.493 e. The molecule has 78 valence electrons. The van der Waals surface area contributed by atoms with Gasteiger partial charge in [-0.2, -0.15) is 0 Å². The number of fused-ring (bicyclic) bond motifs is 1. The molecule has 0 atom stereocenters. The molecule has 1 heterocycles. The lowest BCUT2D eigenvalue weighted by atomic mass is 10.1. The molecule has 0 aliphatic carbocycles. The van der Waals surface area contributed by atoms with Crippen molar-refractivity contribution in [1.82, 2.24) is 4.98 Å². The second kappa shape index (κ2) is 3.89. The SMILES string of the molecule is CCOc1c(C)cnc2c(C)cccc12. The molecular formula is C13H15NO. The first-order chi connectivity index (χ1) is 7.24. The van der Waals surface area contributed by atoms with Crippen LogP contribution in [0.5, 0.6) is 5.75 Å². The number of rotatable bonds is 2. The predicted molar refractivity (Wildman–Crippen MR) is 62.4 cm³/mol. The minimum atomic E-state index is 0.688. The van der Waals surface area contributed by atoms with Gasteiger partial charge >= 0.3 is 0 Å². The molecule has 0 saturated carbocycles. The van der Waals surface area contributed by atoms with Gasteiger partial charge in [0.1, 0.15) is 5.75 Å². The van der Waals surface area contributed by atoms with E-state index in [1.165, 1.54) is 5.56 Å². The fourth-order valence-corrected chi connectivity index (χ4v) is 1.78. The normalized spacial score (nSPS) is 10.6. The van der Waals surface area contributed by atoms with Crippen LogP contribution in [0.15, 0.2) is 24.4 Å². The first kappa shape index (κ1) is 9.97. The summed E-state index contributed by atoms with van der Waals surface area (Å²) in [5.74, 6) is 0.964. The van der Waals surface area contributed by atoms with Crippen molar-refractivity contribution in [3.8, 4) is 5.75 Å². The van der Waals surface area contributed by atoms with Gasteiger partial charge in [0.25, 0.3) is 0 Å². The zero-order valence-electron chi connectivity index (χ0n) is 9.37. The number of hydrogen-bond donors (Lipinski definition) is 0. The van der Waals surface area contributed by atoms with E-state index >= 15 is 0 Å². The predicted octanol–water partition coefficient (Wildman–Crippen LogP) is 3.25. The maximum atomic E-state index is 5.66. The van der Waals surface area contributed by atoms with Crippen LogP contribution >= 0.6 is 0 Å². The molecule has 0 aliphatic rings. The van der Waals surface area contributed by atoms with Gasteiger partial charge in [-0.1, -0.05) is 12.1 Å². The minimum absolute atomic E-state index is 0.688. The quantitative estimate of drug-likeness (QED) is 0.744. The van der Waals surface area contributed by atoms with Gasteiger partial charge in [-0.05, 0) is 32.4 Å². The standard InChI is InChI=1S/C13H15NO/c1-4-15-13-10(3)8-14-12-9(2)6-5-7-11(12)13/h5-8H,4H2,1-3H3. The van der Waals surface area contributed by atoms with Gasteiger partial charge in [-0.3, -0.25) is 4.98 Å². The highest BCUT2D eigenvalue weighted by Gasteiger charge is 2.07. The number of nitrogens with zero attached hydrogens (tertiary/aromatic N) is 1. The van der Waals surface area contributed by atoms with Gasteiger partial charge in [-0.15, -0.1) is 0 Å². The molecule has 0 radical (unpaired) electrons. The largest absolute Gasteiger partial charge is 0.493 e. The Bertz CT molecular complexity index is 491. The highest BCUT2D eigenvalue weighted by atomic mass is 16.5. The summed E-state index contributed by atoms with van der Waals surface area (Å²) in [5, 5.41) is 1.11. The van der Waals surface area contributed by atoms with Crippen molar-refractivity contribution in [2.45, 2.75) is 20.8 Å². The molecule has 0 bridgehead atoms. The lowest BCUT2D eigenvalue weighted by molar-refractivity contribution is 0.342. The van der Waals surface area contributed by atoms with Gasteiger partial charge in [-0.25, -0.2) is 0 Å². The lowest BCUT2D eigenvalue weighted by Crippen LogP contribution is -1.97. The van der Waals surface area contributed by atoms with Crippen molar-refractivity contribution in [2.24, 2.45) is 0 Å². The molecule has 15 heavy (non-hydrogen) atoms. The zero-order valence-corrected chi connectivity index (χ0v) is 9.37. The van der Waals surface area contributed by atoms with Crippen LogP contribution in [0.4, 0.5) is 0 Å². The Balaban J connectivity index is 2.75. The molecule has 0 aliphatic heterocycles. The van der Waals surface area contributed by atoms with Gasteiger partial charge in [0, 0.05) is 17.1 Å². The van der Waals surface area contributed by atoms with Gasteiger partial charge in [0.05, 0.1) is 12.1 Å². The van der Waals surface area contributed by atoms with Crippen LogP contribution in [0.25, 0.3) is 10.9 Å². The molecular weight excluding hydrogens is 186 g/mol. The highest BCUT2D eigenvalue weighted by molar-refractivity contribution is 5.88. The fourth-order valence-electron chi connectivity index (χ4n) is 1.78. The van der Waals surface area contributed by atoms with Crippen LogP contribution < -0.4 is 4.74 Å². The molecule has 0 N–H and O–H groups in total. The summed E-state index contributed by atoms with van der Waals surface area (Å²) in [6.45, 7) is 6.79. The topological polar surface area (TPSA) is 22.1 Å². The Hall–Kier alpha value is -1.57. The van der Waals surface area contributed by atoms with Gasteiger partial charge in [0.2, 0.25) is 0 Å². The Kier molecular flexibility index (Phi) is 2.58. The monoisotopic (exact) mass is 201 g/mol. The van der Waals surface area contributed by atoms with Crippen LogP contribution in [0, 0.1) is 13.8 Å². The average molecular weight is 201 g/mol. The van der Waals surface area contributed by atoms with Crippen molar-refractivity contribution >= 4 is 10.9 Å². The summed E-state index contributed by atoms with van der Waals surface area (Å²) in [7, 11) is 0. The number of aryl methyl sites for hydroxylation is 2. The Labute approximate surface area is 89.9 Å². The maximum absolute atomic E-state index is 5.66. The first-order valence-electron chi connectivity index (χ1n) is 5.21. The Morgan fingerprint density at radius 3 is 2.73 bits per heavy atom. The van der Waals surface area contributed by atoms with Crippen LogP contribution in [-0.4, -0.2) is 11.6 Å². The summed E-state index contributed by atoms with van der Waals surface area (Å²) >= 11 is 0. The van der Waals surface area contributed by atoms with Crippen molar-refractivity contribution in [3.63, 3.8) is 0 Å². The molecule has 0 amide bonds. The van der Waals surface area contributed by atoms with Crippen molar-refractivity contribution in [2.75, 3.05) is 6.61 Å². The molecule has 2 nitrogen and oxygen atoms in total. The van der Waals surface area contributed by atoms with E-state index in [1.807, 2.05) is 26.1 Å². The van der Waals surface area contributed by atoms with Crippen molar-refractivity contribution in [1.29, 1.82) is 0 Å². The van der Waals surface area contributed by atoms with E-state index in [0.717, 1.165) is 22.2 Å². The van der Waals surface area contributed by atoms with E-state index in [0.29, 0.717) is 6.61 Å². The third-order valence-corrected chi connectivity index (χ3v) is 2.52. The molecule has 0 saturated heterocycles. The number of aromatic nitrogens is 1. The molecule has 2 aromatic rings. The van der Waals surface area contributed by atoms with E-state index in [4.69, 9.17) is 4.74 Å². The third kappa shape index (κ3) is 1.67. The second-order valence-electron chi connectivity index (χ2n) is 3.67. The highest BCUT2D eigenvalue weighted by Crippen LogP contribution is 2.29. The summed E-state index contributed by atoms with van der Waals surface area (Å²) in [6, 6.07) is 6.18. The summed E-state index contributed by atoms with van der Waals surface area (Å²) in [5.41, 5.74) is 3.31. The van der Waals surface area contributed by atoms with E-state index in [-0.39, 0.29) is 0 Å². The van der Waals surface area contributed by atoms with Gasteiger partial charge < -0.3 is 4.74 Å². The van der Waals surface area contributed by atoms with Crippen LogP contribution in [0.1, 0.15) is 18.1 Å². The fraction of sp³-hybridized carbons (Fsp3) is 0.308. The third-order valence-electron chi connectivity index (χ3n) is 2.52. The average Bonchev–Trinajstić information content (AvgIpc) is 2.23. The van der Waals surface area contributed by atoms with Crippen molar-refractivity contribution in [3.05, 3.63) is 35.5 Å². The molecule has 1 aromatic carbocycles. The second-order valence-corrected chi connectivity index (χ2v) is 3.67. The number of benzene rings is 1. The smallest absolute Gasteiger partial charge is 0.133 e. The number of ether oxygens (including phenoxy) is 1. The summed E-state index contributed by atoms with van der Waals surface area (Å²) in [4.78, 5) is 4.44. The van der Waals surface area contributed by atoms with Gasteiger partial charge in [0.15, 0.2) is 0 Å². The maximum Gasteiger partial charge on any atom is 0.133 e. The number of hydrogen-bond acceptors (Lipinski definition) is 2. The number of pyridine rings is 1. The number of para-hydroxylation sites is 1. The lowest BCUT2D eigenvalue weighted by Gasteiger charge is -2.11. The van der Waals surface area contributed by atoms with Crippen LogP contribution in [0.3, 0.4) is 0 Å². The summed E-state index contributed by atoms with van der Waals surface area (Å²) in [6.07, 6.45) is 1.88. The zero-order chi connectivity index (χ0) is 10.8. The van der Waals surface area contributed by atoms with E-state index in [2.05, 4.69) is 24.0 Å².